The highest BCUT2D eigenvalue weighted by atomic mass is 32.3. The monoisotopic (exact) mass is 1850 g/mol. The molecule has 26 N–H and O–H groups in total. The second-order valence-corrected chi connectivity index (χ2v) is 31.9. The summed E-state index contributed by atoms with van der Waals surface area (Å²) in [6.45, 7) is -3.08. The normalized spacial score (nSPS) is 42.7. The molecule has 0 aliphatic carbocycles. The lowest BCUT2D eigenvalue weighted by molar-refractivity contribution is -0.381. The van der Waals surface area contributed by atoms with E-state index in [1.165, 1.54) is 0 Å². The first-order chi connectivity index (χ1) is 55.9. The third kappa shape index (κ3) is 25.3. The summed E-state index contributed by atoms with van der Waals surface area (Å²) in [5, 5.41) is 209. The minimum atomic E-state index is -5.71. The topological polar surface area (TPSA) is 942 Å². The summed E-state index contributed by atoms with van der Waals surface area (Å²) in [5.41, 5.74) is 0. The van der Waals surface area contributed by atoms with Crippen molar-refractivity contribution in [3.63, 3.8) is 0 Å². The first-order valence-electron chi connectivity index (χ1n) is 34.7. The number of aliphatic carboxylic acids is 4. The van der Waals surface area contributed by atoms with E-state index in [1.54, 1.807) is 0 Å². The molecule has 0 bridgehead atoms. The minimum absolute atomic E-state index is 0.713. The maximum absolute atomic E-state index is 13.3. The number of ether oxygens (including phenoxy) is 15. The van der Waals surface area contributed by atoms with Gasteiger partial charge < -0.3 is 184 Å². The predicted molar refractivity (Wildman–Crippen MR) is 355 cm³/mol. The van der Waals surface area contributed by atoms with Crippen LogP contribution in [-0.4, -0.2) is 463 Å². The van der Waals surface area contributed by atoms with Gasteiger partial charge in [-0.2, -0.15) is 33.7 Å². The molecule has 696 valence electrons. The Morgan fingerprint density at radius 2 is 0.463 bits per heavy atom. The van der Waals surface area contributed by atoms with Crippen LogP contribution in [0.1, 0.15) is 27.7 Å². The second kappa shape index (κ2) is 40.8. The van der Waals surface area contributed by atoms with Crippen molar-refractivity contribution in [2.45, 2.75) is 273 Å². The SMILES string of the molecule is CC(=O)N[C@H]1[C@@H](O[C@H]2[C@H](O)[C@@H](O)[C@H](O[C@H]3[C@H](O)[C@@H](NC(C)=O)[C@@H](O[C@H]4[C@H](O)[C@@H](O)[C@@H](O[C@H]5[C@H](O)[C@@H](NC(C)=O)[C@@H](O[C@H]6[C@H](O)[C@@H](O)[C@@H](O)O[C@H]6C(=O)O)O[C@@H]5COS(=O)(=O)O)O[C@H]4C(=O)O)O[C@@H]3COS(=O)(=O)O)O[C@@H]2C(=O)O)O[C@H](COS(=O)(=O)O)[C@@H](O[C@@H]2O[C@H](C(=O)O)[C@@H](O[C@H]3O[C@H](COS(=O)(=O)O)[C@@H](O)[C@H](O)[C@H]3NC(C)=O)[C@H](O)[C@H]2O)[C@@H]1O. The molecule has 40 atom stereocenters. The largest absolute Gasteiger partial charge is 0.479 e. The van der Waals surface area contributed by atoms with E-state index in [9.17, 15) is 178 Å². The number of carbonyl (C=O) groups is 8. The lowest BCUT2D eigenvalue weighted by Crippen LogP contribution is -2.71. The van der Waals surface area contributed by atoms with Gasteiger partial charge in [-0.1, -0.05) is 0 Å². The molecule has 0 aromatic carbocycles. The van der Waals surface area contributed by atoms with Crippen molar-refractivity contribution >= 4 is 89.1 Å². The second-order valence-electron chi connectivity index (χ2n) is 27.6. The zero-order valence-corrected chi connectivity index (χ0v) is 64.9. The van der Waals surface area contributed by atoms with Crippen molar-refractivity contribution in [3.05, 3.63) is 0 Å². The van der Waals surface area contributed by atoms with Gasteiger partial charge in [-0.05, 0) is 0 Å². The number of amides is 4. The van der Waals surface area contributed by atoms with Crippen LogP contribution in [0.25, 0.3) is 0 Å². The van der Waals surface area contributed by atoms with E-state index in [0.29, 0.717) is 6.92 Å². The molecule has 8 aliphatic rings. The molecule has 4 amide bonds. The van der Waals surface area contributed by atoms with Crippen molar-refractivity contribution < 1.29 is 270 Å². The fourth-order valence-electron chi connectivity index (χ4n) is 13.6. The van der Waals surface area contributed by atoms with Gasteiger partial charge in [-0.3, -0.25) is 37.4 Å². The van der Waals surface area contributed by atoms with E-state index in [0.717, 1.165) is 20.8 Å². The molecule has 0 spiro atoms. The van der Waals surface area contributed by atoms with Gasteiger partial charge in [0.25, 0.3) is 0 Å². The highest BCUT2D eigenvalue weighted by Crippen LogP contribution is 2.40. The molecule has 0 aromatic heterocycles. The molecule has 121 heavy (non-hydrogen) atoms. The summed E-state index contributed by atoms with van der Waals surface area (Å²) in [4.78, 5) is 102. The summed E-state index contributed by atoms with van der Waals surface area (Å²) >= 11 is 0. The summed E-state index contributed by atoms with van der Waals surface area (Å²) in [6.07, 6.45) is -92.0. The molecule has 8 fully saturated rings. The first kappa shape index (κ1) is 100. The number of aliphatic hydroxyl groups is 14. The Balaban J connectivity index is 1.03. The highest BCUT2D eigenvalue weighted by Gasteiger charge is 2.63. The molecule has 8 saturated heterocycles. The summed E-state index contributed by atoms with van der Waals surface area (Å²) in [7, 11) is -22.3. The van der Waals surface area contributed by atoms with Crippen molar-refractivity contribution in [1.82, 2.24) is 21.3 Å². The van der Waals surface area contributed by atoms with Crippen LogP contribution in [-0.2, 0) is 168 Å². The van der Waals surface area contributed by atoms with Crippen LogP contribution in [0.4, 0.5) is 0 Å². The number of aliphatic hydroxyl groups excluding tert-OH is 14. The van der Waals surface area contributed by atoms with Crippen molar-refractivity contribution in [2.75, 3.05) is 26.4 Å². The average molecular weight is 1860 g/mol. The van der Waals surface area contributed by atoms with Crippen LogP contribution in [0.3, 0.4) is 0 Å². The number of carbonyl (C=O) groups excluding carboxylic acids is 4. The molecule has 0 aromatic rings. The van der Waals surface area contributed by atoms with Crippen LogP contribution in [0.2, 0.25) is 0 Å². The fraction of sp³-hybridized carbons (Fsp3) is 0.857. The van der Waals surface area contributed by atoms with Gasteiger partial charge in [-0.25, -0.2) is 35.9 Å². The van der Waals surface area contributed by atoms with E-state index in [4.69, 9.17) is 75.6 Å². The Morgan fingerprint density at radius 3 is 0.694 bits per heavy atom. The van der Waals surface area contributed by atoms with Gasteiger partial charge in [0.05, 0.1) is 26.4 Å². The number of hydrogen-bond acceptors (Lipinski definition) is 49. The Kier molecular flexibility index (Phi) is 33.9. The molecule has 0 saturated carbocycles. The maximum Gasteiger partial charge on any atom is 0.397 e. The molecule has 61 nitrogen and oxygen atoms in total. The Morgan fingerprint density at radius 1 is 0.256 bits per heavy atom. The van der Waals surface area contributed by atoms with E-state index in [-0.39, 0.29) is 0 Å². The van der Waals surface area contributed by atoms with Crippen molar-refractivity contribution in [1.29, 1.82) is 0 Å². The van der Waals surface area contributed by atoms with E-state index in [1.807, 2.05) is 5.32 Å². The molecule has 8 aliphatic heterocycles. The zero-order chi connectivity index (χ0) is 90.8. The minimum Gasteiger partial charge on any atom is -0.479 e. The third-order valence-corrected chi connectivity index (χ3v) is 20.7. The lowest BCUT2D eigenvalue weighted by atomic mass is 9.93. The van der Waals surface area contributed by atoms with Gasteiger partial charge in [0, 0.05) is 27.7 Å². The highest BCUT2D eigenvalue weighted by molar-refractivity contribution is 7.81. The van der Waals surface area contributed by atoms with Crippen LogP contribution < -0.4 is 21.3 Å². The Bertz CT molecular complexity index is 4100. The third-order valence-electron chi connectivity index (χ3n) is 18.9. The van der Waals surface area contributed by atoms with Crippen LogP contribution in [0, 0.1) is 0 Å². The summed E-state index contributed by atoms with van der Waals surface area (Å²) in [6, 6.07) is -8.86. The molecular weight excluding hydrogens is 1770 g/mol. The number of nitrogens with one attached hydrogen (secondary N) is 4. The van der Waals surface area contributed by atoms with Crippen LogP contribution in [0.15, 0.2) is 0 Å². The maximum atomic E-state index is 13.3. The molecule has 0 radical (unpaired) electrons. The van der Waals surface area contributed by atoms with Crippen molar-refractivity contribution in [2.24, 2.45) is 0 Å². The van der Waals surface area contributed by atoms with Gasteiger partial charge in [0.2, 0.25) is 23.6 Å². The predicted octanol–water partition coefficient (Wildman–Crippen LogP) is -18.2. The summed E-state index contributed by atoms with van der Waals surface area (Å²) in [5.74, 6) is -13.2. The number of hydrogen-bond donors (Lipinski definition) is 26. The van der Waals surface area contributed by atoms with Crippen molar-refractivity contribution in [3.8, 4) is 0 Å². The van der Waals surface area contributed by atoms with Gasteiger partial charge in [0.15, 0.2) is 74.7 Å². The number of carboxylic acids is 4. The van der Waals surface area contributed by atoms with E-state index < -0.39 is 361 Å². The Labute approximate surface area is 677 Å². The quantitative estimate of drug-likeness (QED) is 0.0266. The first-order valence-corrected chi connectivity index (χ1v) is 40.2. The van der Waals surface area contributed by atoms with Gasteiger partial charge in [0.1, 0.15) is 171 Å². The summed E-state index contributed by atoms with van der Waals surface area (Å²) < 4.78 is 234. The van der Waals surface area contributed by atoms with Gasteiger partial charge >= 0.3 is 65.5 Å². The molecule has 0 unspecified atom stereocenters. The number of carboxylic acid groups (broad SMARTS) is 4. The van der Waals surface area contributed by atoms with Gasteiger partial charge in [-0.15, -0.1) is 0 Å². The zero-order valence-electron chi connectivity index (χ0n) is 61.7. The average Bonchev–Trinajstić information content (AvgIpc) is 0.770. The molecule has 8 heterocycles. The van der Waals surface area contributed by atoms with Crippen LogP contribution in [0.5, 0.6) is 0 Å². The molecular formula is C56H86N4O57S4. The fourth-order valence-corrected chi connectivity index (χ4v) is 14.8. The molecule has 65 heteroatoms. The molecule has 8 rings (SSSR count). The smallest absolute Gasteiger partial charge is 0.397 e. The van der Waals surface area contributed by atoms with E-state index >= 15 is 0 Å². The van der Waals surface area contributed by atoms with E-state index in [2.05, 4.69) is 32.7 Å². The van der Waals surface area contributed by atoms with Crippen LogP contribution >= 0.6 is 0 Å². The number of rotatable bonds is 34. The Hall–Kier alpha value is -5.92. The lowest BCUT2D eigenvalue weighted by Gasteiger charge is -2.50. The standard InChI is InChI=1S/C56H86N4O57S4/c1-9(61)57-17-22(66)21(65)13(5-99-118(87,88)89)103-50(17)112-38-27(71)31(75)54(115-42(38)46(80)81)109-35-15(7-101-120(93,94)95)105-52(19(24(35)68)59-11(3)63)114-40-29(73)33(77)56(117-44(40)48(84)85)110-36-16(8-102-121(96,97)98)106-53(20(25(36)69)60-12(4)64)113-39-28(72)32(76)55(116-43(39)47(82)83)108-34-14(6-100-119(90,91)92)104-51(18(23(34)67)58-10(2)62)111-37-26(70)30(74)49(86)107-41(37)45(78)79/h13-44,49-56,65-77,86H,5-8H2,1-4H3,(H,57,61)(H,58,62)(H,59,63)(H,60,64)(H,78,79)(H,80,81)(H,82,83)(H,84,85)(H,87,88,89)(H,90,91,92)(H,93,94,95)(H,96,97,98)/t13-,14-,15-,16-,17-,18-,19-,20-,21-,22-,23-,24-,25-,26-,27-,28-,29-,30-,31-,32-,33-,34-,35-,36-,37+,38+,39+,40+,41-,42+,43-,44+,49+,50-,51-,52-,53-,54-,55+,56-/m1/s1.